The predicted molar refractivity (Wildman–Crippen MR) is 113 cm³/mol. The van der Waals surface area contributed by atoms with Crippen molar-refractivity contribution in [1.82, 2.24) is 14.3 Å². The third kappa shape index (κ3) is 3.93. The molecular weight excluding hydrogens is 378 g/mol. The first-order valence-electron chi connectivity index (χ1n) is 9.62. The zero-order valence-corrected chi connectivity index (χ0v) is 16.5. The normalized spacial score (nSPS) is 10.8. The fourth-order valence-electron chi connectivity index (χ4n) is 3.45. The second-order valence-corrected chi connectivity index (χ2v) is 7.12. The van der Waals surface area contributed by atoms with E-state index in [4.69, 9.17) is 5.11 Å². The summed E-state index contributed by atoms with van der Waals surface area (Å²) in [6.07, 6.45) is 1.89. The lowest BCUT2D eigenvalue weighted by Gasteiger charge is -2.23. The van der Waals surface area contributed by atoms with E-state index in [1.165, 1.54) is 0 Å². The van der Waals surface area contributed by atoms with Crippen LogP contribution in [0.15, 0.2) is 79.0 Å². The molecule has 0 saturated heterocycles. The summed E-state index contributed by atoms with van der Waals surface area (Å²) in [6, 6.07) is 22.0. The van der Waals surface area contributed by atoms with Crippen molar-refractivity contribution in [2.24, 2.45) is 0 Å². The lowest BCUT2D eigenvalue weighted by molar-refractivity contribution is 0.0692. The number of pyridine rings is 1. The van der Waals surface area contributed by atoms with Gasteiger partial charge in [-0.3, -0.25) is 4.79 Å². The zero-order chi connectivity index (χ0) is 21.1. The summed E-state index contributed by atoms with van der Waals surface area (Å²) in [4.78, 5) is 30.9. The quantitative estimate of drug-likeness (QED) is 0.528. The van der Waals surface area contributed by atoms with Crippen LogP contribution in [-0.2, 0) is 13.1 Å². The maximum absolute atomic E-state index is 13.5. The second-order valence-electron chi connectivity index (χ2n) is 7.12. The molecule has 2 aromatic heterocycles. The van der Waals surface area contributed by atoms with Crippen molar-refractivity contribution >= 4 is 17.5 Å². The molecule has 0 radical (unpaired) electrons. The van der Waals surface area contributed by atoms with Crippen LogP contribution in [0.25, 0.3) is 5.65 Å². The maximum Gasteiger partial charge on any atom is 0.335 e. The first kappa shape index (κ1) is 19.4. The van der Waals surface area contributed by atoms with Crippen LogP contribution in [0, 0.1) is 6.92 Å². The van der Waals surface area contributed by atoms with Gasteiger partial charge in [0, 0.05) is 19.3 Å². The highest BCUT2D eigenvalue weighted by Crippen LogP contribution is 2.18. The molecule has 0 atom stereocenters. The van der Waals surface area contributed by atoms with Crippen molar-refractivity contribution < 1.29 is 14.7 Å². The van der Waals surface area contributed by atoms with Crippen LogP contribution in [-0.4, -0.2) is 31.3 Å². The Morgan fingerprint density at radius 1 is 0.900 bits per heavy atom. The van der Waals surface area contributed by atoms with E-state index in [2.05, 4.69) is 4.98 Å². The van der Waals surface area contributed by atoms with E-state index in [-0.39, 0.29) is 11.5 Å². The van der Waals surface area contributed by atoms with Crippen LogP contribution < -0.4 is 0 Å². The van der Waals surface area contributed by atoms with Gasteiger partial charge < -0.3 is 14.4 Å². The van der Waals surface area contributed by atoms with Crippen LogP contribution in [0.1, 0.15) is 37.7 Å². The highest BCUT2D eigenvalue weighted by molar-refractivity contribution is 5.94. The lowest BCUT2D eigenvalue weighted by atomic mass is 10.1. The number of carbonyl (C=O) groups is 2. The summed E-state index contributed by atoms with van der Waals surface area (Å²) in [6.45, 7) is 2.66. The summed E-state index contributed by atoms with van der Waals surface area (Å²) >= 11 is 0. The molecule has 4 rings (SSSR count). The van der Waals surface area contributed by atoms with Gasteiger partial charge >= 0.3 is 5.97 Å². The zero-order valence-electron chi connectivity index (χ0n) is 16.5. The number of aromatic nitrogens is 2. The van der Waals surface area contributed by atoms with Crippen molar-refractivity contribution in [2.45, 2.75) is 20.0 Å². The number of hydrogen-bond donors (Lipinski definition) is 1. The van der Waals surface area contributed by atoms with Gasteiger partial charge in [-0.25, -0.2) is 9.78 Å². The smallest absolute Gasteiger partial charge is 0.335 e. The minimum atomic E-state index is -0.973. The van der Waals surface area contributed by atoms with E-state index in [1.807, 2.05) is 66.1 Å². The third-order valence-corrected chi connectivity index (χ3v) is 5.05. The topological polar surface area (TPSA) is 74.9 Å². The molecule has 0 spiro atoms. The van der Waals surface area contributed by atoms with E-state index in [0.717, 1.165) is 22.5 Å². The number of aryl methyl sites for hydroxylation is 1. The second kappa shape index (κ2) is 8.21. The van der Waals surface area contributed by atoms with Gasteiger partial charge in [0.15, 0.2) is 0 Å². The average molecular weight is 399 g/mol. The molecule has 30 heavy (non-hydrogen) atoms. The van der Waals surface area contributed by atoms with E-state index >= 15 is 0 Å². The number of aromatic carboxylic acids is 1. The number of benzene rings is 2. The van der Waals surface area contributed by atoms with E-state index in [1.54, 1.807) is 29.2 Å². The number of fused-ring (bicyclic) bond motifs is 1. The van der Waals surface area contributed by atoms with Crippen molar-refractivity contribution in [3.63, 3.8) is 0 Å². The monoisotopic (exact) mass is 399 g/mol. The Morgan fingerprint density at radius 2 is 1.53 bits per heavy atom. The predicted octanol–water partition coefficient (Wildman–Crippen LogP) is 4.18. The molecular formula is C24H21N3O3. The first-order valence-corrected chi connectivity index (χ1v) is 9.62. The highest BCUT2D eigenvalue weighted by atomic mass is 16.4. The number of nitrogens with zero attached hydrogens (tertiary/aromatic N) is 3. The standard InChI is InChI=1S/C24H21N3O3/c1-17-22(25-21-9-5-6-14-27(17)21)23(28)26(15-18-7-3-2-4-8-18)16-19-10-12-20(13-11-19)24(29)30/h2-14H,15-16H2,1H3,(H,29,30). The molecule has 0 aliphatic rings. The van der Waals surface area contributed by atoms with Crippen molar-refractivity contribution in [3.05, 3.63) is 107 Å². The molecule has 150 valence electrons. The number of carboxylic acids is 1. The summed E-state index contributed by atoms with van der Waals surface area (Å²) in [5, 5.41) is 9.11. The highest BCUT2D eigenvalue weighted by Gasteiger charge is 2.22. The van der Waals surface area contributed by atoms with Crippen LogP contribution in [0.5, 0.6) is 0 Å². The Morgan fingerprint density at radius 3 is 2.17 bits per heavy atom. The Balaban J connectivity index is 1.67. The Hall–Kier alpha value is -3.93. The number of hydrogen-bond acceptors (Lipinski definition) is 3. The molecule has 0 bridgehead atoms. The molecule has 0 unspecified atom stereocenters. The first-order chi connectivity index (χ1) is 14.5. The van der Waals surface area contributed by atoms with Gasteiger partial charge in [0.05, 0.1) is 11.3 Å². The van der Waals surface area contributed by atoms with E-state index in [9.17, 15) is 9.59 Å². The van der Waals surface area contributed by atoms with Gasteiger partial charge in [-0.15, -0.1) is 0 Å². The van der Waals surface area contributed by atoms with E-state index < -0.39 is 5.97 Å². The molecule has 2 heterocycles. The third-order valence-electron chi connectivity index (χ3n) is 5.05. The van der Waals surface area contributed by atoms with Gasteiger partial charge in [-0.2, -0.15) is 0 Å². The van der Waals surface area contributed by atoms with E-state index in [0.29, 0.717) is 18.8 Å². The van der Waals surface area contributed by atoms with Crippen LogP contribution in [0.3, 0.4) is 0 Å². The molecule has 1 amide bonds. The number of amides is 1. The molecule has 0 aliphatic heterocycles. The summed E-state index contributed by atoms with van der Waals surface area (Å²) in [5.41, 5.74) is 4.01. The SMILES string of the molecule is Cc1c(C(=O)N(Cc2ccccc2)Cc2ccc(C(=O)O)cc2)nc2ccccn12. The summed E-state index contributed by atoms with van der Waals surface area (Å²) < 4.78 is 1.90. The minimum Gasteiger partial charge on any atom is -0.478 e. The molecule has 0 fully saturated rings. The van der Waals surface area contributed by atoms with Crippen LogP contribution in [0.4, 0.5) is 0 Å². The van der Waals surface area contributed by atoms with Gasteiger partial charge in [0.25, 0.3) is 5.91 Å². The van der Waals surface area contributed by atoms with Crippen LogP contribution in [0.2, 0.25) is 0 Å². The molecule has 6 nitrogen and oxygen atoms in total. The minimum absolute atomic E-state index is 0.164. The number of rotatable bonds is 6. The molecule has 0 aliphatic carbocycles. The molecule has 1 N–H and O–H groups in total. The fourth-order valence-corrected chi connectivity index (χ4v) is 3.45. The van der Waals surface area contributed by atoms with Gasteiger partial charge in [-0.1, -0.05) is 48.5 Å². The maximum atomic E-state index is 13.5. The summed E-state index contributed by atoms with van der Waals surface area (Å²) in [5.74, 6) is -1.14. The lowest BCUT2D eigenvalue weighted by Crippen LogP contribution is -2.31. The number of imidazole rings is 1. The Labute approximate surface area is 174 Å². The number of carboxylic acid groups (broad SMARTS) is 1. The van der Waals surface area contributed by atoms with Crippen molar-refractivity contribution in [3.8, 4) is 0 Å². The molecule has 6 heteroatoms. The fraction of sp³-hybridized carbons (Fsp3) is 0.125. The Bertz CT molecular complexity index is 1200. The van der Waals surface area contributed by atoms with Gasteiger partial charge in [0.2, 0.25) is 0 Å². The molecule has 4 aromatic rings. The Kier molecular flexibility index (Phi) is 5.30. The van der Waals surface area contributed by atoms with Crippen molar-refractivity contribution in [2.75, 3.05) is 0 Å². The summed E-state index contributed by atoms with van der Waals surface area (Å²) in [7, 11) is 0. The molecule has 0 saturated carbocycles. The van der Waals surface area contributed by atoms with Gasteiger partial charge in [0.1, 0.15) is 11.3 Å². The van der Waals surface area contributed by atoms with Gasteiger partial charge in [-0.05, 0) is 42.3 Å². The largest absolute Gasteiger partial charge is 0.478 e. The number of carbonyl (C=O) groups excluding carboxylic acids is 1. The molecule has 2 aromatic carbocycles. The average Bonchev–Trinajstić information content (AvgIpc) is 3.10. The van der Waals surface area contributed by atoms with Crippen molar-refractivity contribution in [1.29, 1.82) is 0 Å². The van der Waals surface area contributed by atoms with Crippen LogP contribution >= 0.6 is 0 Å².